The minimum Gasteiger partial charge on any atom is -0.335 e. The Labute approximate surface area is 112 Å². The first-order valence-corrected chi connectivity index (χ1v) is 6.73. The molecule has 4 nitrogen and oxygen atoms in total. The maximum absolute atomic E-state index is 11.8. The largest absolute Gasteiger partial charge is 0.335 e. The van der Waals surface area contributed by atoms with Crippen LogP contribution in [-0.2, 0) is 9.59 Å². The fourth-order valence-corrected chi connectivity index (χ4v) is 1.45. The van der Waals surface area contributed by atoms with E-state index < -0.39 is 0 Å². The van der Waals surface area contributed by atoms with E-state index in [9.17, 15) is 9.59 Å². The summed E-state index contributed by atoms with van der Waals surface area (Å²) in [5.41, 5.74) is 0.0307. The number of amides is 1. The number of nitrogens with one attached hydrogen (secondary N) is 1. The molecule has 0 unspecified atom stereocenters. The quantitative estimate of drug-likeness (QED) is 0.672. The second-order valence-corrected chi connectivity index (χ2v) is 5.97. The highest BCUT2D eigenvalue weighted by Crippen LogP contribution is 2.02. The second-order valence-electron chi connectivity index (χ2n) is 5.97. The second kappa shape index (κ2) is 7.57. The molecule has 0 fully saturated rings. The van der Waals surface area contributed by atoms with Crippen molar-refractivity contribution in [1.82, 2.24) is 10.2 Å². The smallest absolute Gasteiger partial charge is 0.215 e. The van der Waals surface area contributed by atoms with Crippen LogP contribution in [0.15, 0.2) is 0 Å². The summed E-state index contributed by atoms with van der Waals surface area (Å²) in [5, 5.41) is 3.33. The van der Waals surface area contributed by atoms with Crippen LogP contribution in [0.4, 0.5) is 0 Å². The molecule has 0 aromatic rings. The van der Waals surface area contributed by atoms with E-state index in [2.05, 4.69) is 26.1 Å². The predicted molar refractivity (Wildman–Crippen MR) is 77.5 cm³/mol. The normalized spacial score (nSPS) is 11.7. The van der Waals surface area contributed by atoms with Gasteiger partial charge >= 0.3 is 0 Å². The number of carbonyl (C=O) groups excluding carboxylic acids is 2. The standard InChI is InChI=1S/C13H27BN2O2/c1-10(2)11(17)9-16(12(18)8-14)7-6-15-13(3,4)5/h10,15H,6-9,14H2,1-5H3. The number of hydrogen-bond donors (Lipinski definition) is 1. The molecule has 0 heterocycles. The molecule has 0 saturated carbocycles. The Kier molecular flexibility index (Phi) is 7.22. The van der Waals surface area contributed by atoms with Gasteiger partial charge in [-0.25, -0.2) is 0 Å². The van der Waals surface area contributed by atoms with Crippen LogP contribution in [-0.4, -0.2) is 49.6 Å². The molecular weight excluding hydrogens is 227 g/mol. The summed E-state index contributed by atoms with van der Waals surface area (Å²) in [6, 6.07) is 0. The number of Topliss-reactive ketones (excluding diaryl/α,β-unsaturated/α-hetero) is 1. The van der Waals surface area contributed by atoms with Crippen molar-refractivity contribution >= 4 is 19.5 Å². The van der Waals surface area contributed by atoms with Gasteiger partial charge < -0.3 is 10.2 Å². The highest BCUT2D eigenvalue weighted by atomic mass is 16.2. The van der Waals surface area contributed by atoms with E-state index in [0.29, 0.717) is 19.4 Å². The third kappa shape index (κ3) is 7.48. The van der Waals surface area contributed by atoms with E-state index in [4.69, 9.17) is 0 Å². The number of carbonyl (C=O) groups is 2. The summed E-state index contributed by atoms with van der Waals surface area (Å²) in [5.74, 6) is 0.139. The van der Waals surface area contributed by atoms with Crippen LogP contribution in [0.2, 0.25) is 6.32 Å². The molecule has 1 N–H and O–H groups in total. The molecule has 0 saturated heterocycles. The molecule has 1 amide bonds. The van der Waals surface area contributed by atoms with Gasteiger partial charge in [-0.2, -0.15) is 0 Å². The number of nitrogens with zero attached hydrogens (tertiary/aromatic N) is 1. The predicted octanol–water partition coefficient (Wildman–Crippen LogP) is 0.480. The first kappa shape index (κ1) is 17.2. The summed E-state index contributed by atoms with van der Waals surface area (Å²) in [6.45, 7) is 11.5. The van der Waals surface area contributed by atoms with Crippen LogP contribution in [0.1, 0.15) is 34.6 Å². The molecule has 0 aromatic carbocycles. The van der Waals surface area contributed by atoms with Gasteiger partial charge in [-0.3, -0.25) is 9.59 Å². The lowest BCUT2D eigenvalue weighted by Gasteiger charge is -2.26. The lowest BCUT2D eigenvalue weighted by Crippen LogP contribution is -2.45. The van der Waals surface area contributed by atoms with E-state index in [1.807, 2.05) is 21.7 Å². The average Bonchev–Trinajstić information content (AvgIpc) is 2.24. The van der Waals surface area contributed by atoms with Crippen LogP contribution in [0, 0.1) is 5.92 Å². The molecule has 0 bridgehead atoms. The molecule has 104 valence electrons. The van der Waals surface area contributed by atoms with Crippen LogP contribution < -0.4 is 5.32 Å². The minimum atomic E-state index is -0.0206. The topological polar surface area (TPSA) is 49.4 Å². The van der Waals surface area contributed by atoms with Gasteiger partial charge in [-0.15, -0.1) is 0 Å². The Morgan fingerprint density at radius 1 is 1.28 bits per heavy atom. The Morgan fingerprint density at radius 2 is 1.83 bits per heavy atom. The maximum atomic E-state index is 11.8. The fourth-order valence-electron chi connectivity index (χ4n) is 1.45. The Bertz CT molecular complexity index is 285. The van der Waals surface area contributed by atoms with E-state index in [-0.39, 0.29) is 29.7 Å². The lowest BCUT2D eigenvalue weighted by molar-refractivity contribution is -0.134. The molecule has 18 heavy (non-hydrogen) atoms. The number of rotatable bonds is 7. The van der Waals surface area contributed by atoms with Crippen LogP contribution in [0.5, 0.6) is 0 Å². The van der Waals surface area contributed by atoms with E-state index in [0.717, 1.165) is 0 Å². The molecule has 0 rings (SSSR count). The molecule has 0 aliphatic rings. The lowest BCUT2D eigenvalue weighted by atomic mass is 10.0. The minimum absolute atomic E-state index is 0.0206. The Hall–Kier alpha value is -0.835. The van der Waals surface area contributed by atoms with E-state index in [1.54, 1.807) is 4.90 Å². The summed E-state index contributed by atoms with van der Waals surface area (Å²) < 4.78 is 0. The zero-order valence-electron chi connectivity index (χ0n) is 12.7. The molecule has 0 atom stereocenters. The van der Waals surface area contributed by atoms with E-state index >= 15 is 0 Å². The zero-order chi connectivity index (χ0) is 14.3. The van der Waals surface area contributed by atoms with E-state index in [1.165, 1.54) is 0 Å². The van der Waals surface area contributed by atoms with Gasteiger partial charge in [0.15, 0.2) is 5.78 Å². The van der Waals surface area contributed by atoms with Crippen molar-refractivity contribution in [3.63, 3.8) is 0 Å². The van der Waals surface area contributed by atoms with Crippen molar-refractivity contribution in [2.45, 2.75) is 46.5 Å². The maximum Gasteiger partial charge on any atom is 0.215 e. The number of ketones is 1. The molecular formula is C13H27BN2O2. The van der Waals surface area contributed by atoms with Gasteiger partial charge in [0.2, 0.25) is 5.91 Å². The summed E-state index contributed by atoms with van der Waals surface area (Å²) >= 11 is 0. The number of hydrogen-bond acceptors (Lipinski definition) is 3. The zero-order valence-corrected chi connectivity index (χ0v) is 12.7. The highest BCUT2D eigenvalue weighted by molar-refractivity contribution is 6.19. The van der Waals surface area contributed by atoms with Gasteiger partial charge in [-0.05, 0) is 27.1 Å². The summed E-state index contributed by atoms with van der Waals surface area (Å²) in [7, 11) is 1.83. The van der Waals surface area contributed by atoms with Crippen molar-refractivity contribution < 1.29 is 9.59 Å². The van der Waals surface area contributed by atoms with Crippen LogP contribution in [0.3, 0.4) is 0 Å². The summed E-state index contributed by atoms with van der Waals surface area (Å²) in [4.78, 5) is 25.1. The Morgan fingerprint density at radius 3 is 2.22 bits per heavy atom. The van der Waals surface area contributed by atoms with Crippen LogP contribution in [0.25, 0.3) is 0 Å². The molecule has 0 aliphatic heterocycles. The SMILES string of the molecule is BCC(=O)N(CCNC(C)(C)C)CC(=O)C(C)C. The van der Waals surface area contributed by atoms with Gasteiger partial charge in [0.05, 0.1) is 6.54 Å². The third-order valence-electron chi connectivity index (χ3n) is 2.68. The molecule has 0 aliphatic carbocycles. The van der Waals surface area contributed by atoms with Gasteiger partial charge in [-0.1, -0.05) is 13.8 Å². The Balaban J connectivity index is 4.33. The van der Waals surface area contributed by atoms with Crippen molar-refractivity contribution in [3.8, 4) is 0 Å². The first-order chi connectivity index (χ1) is 8.17. The highest BCUT2D eigenvalue weighted by Gasteiger charge is 2.18. The average molecular weight is 254 g/mol. The van der Waals surface area contributed by atoms with Crippen molar-refractivity contribution in [2.24, 2.45) is 5.92 Å². The van der Waals surface area contributed by atoms with Gasteiger partial charge in [0, 0.05) is 24.5 Å². The van der Waals surface area contributed by atoms with Gasteiger partial charge in [0.25, 0.3) is 0 Å². The fraction of sp³-hybridized carbons (Fsp3) is 0.846. The monoisotopic (exact) mass is 254 g/mol. The summed E-state index contributed by atoms with van der Waals surface area (Å²) in [6.07, 6.45) is 0.445. The molecule has 0 spiro atoms. The first-order valence-electron chi connectivity index (χ1n) is 6.73. The third-order valence-corrected chi connectivity index (χ3v) is 2.68. The molecule has 0 aromatic heterocycles. The van der Waals surface area contributed by atoms with Crippen molar-refractivity contribution in [3.05, 3.63) is 0 Å². The molecule has 0 radical (unpaired) electrons. The molecule has 5 heteroatoms. The van der Waals surface area contributed by atoms with Crippen molar-refractivity contribution in [2.75, 3.05) is 19.6 Å². The van der Waals surface area contributed by atoms with Gasteiger partial charge in [0.1, 0.15) is 7.85 Å². The van der Waals surface area contributed by atoms with Crippen molar-refractivity contribution in [1.29, 1.82) is 0 Å². The van der Waals surface area contributed by atoms with Crippen LogP contribution >= 0.6 is 0 Å².